The van der Waals surface area contributed by atoms with Crippen LogP contribution in [0.1, 0.15) is 36.2 Å². The molecule has 7 heteroatoms. The van der Waals surface area contributed by atoms with Gasteiger partial charge >= 0.3 is 5.69 Å². The largest absolute Gasteiger partial charge is 0.341 e. The highest BCUT2D eigenvalue weighted by molar-refractivity contribution is 5.76. The SMILES string of the molecule is Cc1nn(CC(=O)N2CCC(CCc3ccccc3)CC2)c(C)c1[N+](=O)[O-]. The van der Waals surface area contributed by atoms with E-state index in [4.69, 9.17) is 0 Å². The van der Waals surface area contributed by atoms with Crippen molar-refractivity contribution in [3.05, 3.63) is 57.4 Å². The summed E-state index contributed by atoms with van der Waals surface area (Å²) in [5.41, 5.74) is 2.15. The van der Waals surface area contributed by atoms with E-state index in [1.54, 1.807) is 13.8 Å². The Bertz CT molecular complexity index is 808. The van der Waals surface area contributed by atoms with Gasteiger partial charge in [0.25, 0.3) is 0 Å². The third-order valence-corrected chi connectivity index (χ3v) is 5.46. The molecule has 0 aliphatic carbocycles. The van der Waals surface area contributed by atoms with Crippen molar-refractivity contribution in [2.45, 2.75) is 46.1 Å². The molecule has 7 nitrogen and oxygen atoms in total. The van der Waals surface area contributed by atoms with Crippen LogP contribution in [-0.2, 0) is 17.8 Å². The first kappa shape index (κ1) is 19.1. The summed E-state index contributed by atoms with van der Waals surface area (Å²) in [6.45, 7) is 4.81. The zero-order valence-electron chi connectivity index (χ0n) is 15.9. The number of benzene rings is 1. The fraction of sp³-hybridized carbons (Fsp3) is 0.500. The Hall–Kier alpha value is -2.70. The first-order chi connectivity index (χ1) is 13.0. The average molecular weight is 370 g/mol. The predicted octanol–water partition coefficient (Wildman–Crippen LogP) is 3.28. The molecule has 0 radical (unpaired) electrons. The van der Waals surface area contributed by atoms with Crippen molar-refractivity contribution in [2.75, 3.05) is 13.1 Å². The molecular weight excluding hydrogens is 344 g/mol. The van der Waals surface area contributed by atoms with Gasteiger partial charge in [-0.15, -0.1) is 0 Å². The Labute approximate surface area is 159 Å². The standard InChI is InChI=1S/C20H26N4O3/c1-15-20(24(26)27)16(2)23(21-15)14-19(25)22-12-10-18(11-13-22)9-8-17-6-4-3-5-7-17/h3-7,18H,8-14H2,1-2H3. The lowest BCUT2D eigenvalue weighted by Gasteiger charge is -2.32. The van der Waals surface area contributed by atoms with Crippen molar-refractivity contribution in [3.63, 3.8) is 0 Å². The second kappa shape index (κ2) is 8.33. The van der Waals surface area contributed by atoms with Gasteiger partial charge in [-0.3, -0.25) is 19.6 Å². The quantitative estimate of drug-likeness (QED) is 0.577. The Balaban J connectivity index is 1.50. The minimum Gasteiger partial charge on any atom is -0.341 e. The van der Waals surface area contributed by atoms with E-state index < -0.39 is 4.92 Å². The minimum absolute atomic E-state index is 0.00224. The van der Waals surface area contributed by atoms with Crippen LogP contribution in [0, 0.1) is 29.9 Å². The van der Waals surface area contributed by atoms with E-state index in [0.29, 0.717) is 17.3 Å². The molecule has 0 saturated carbocycles. The van der Waals surface area contributed by atoms with Crippen LogP contribution in [0.3, 0.4) is 0 Å². The van der Waals surface area contributed by atoms with E-state index in [-0.39, 0.29) is 18.1 Å². The lowest BCUT2D eigenvalue weighted by Crippen LogP contribution is -2.40. The number of amides is 1. The Kier molecular flexibility index (Phi) is 5.88. The molecule has 27 heavy (non-hydrogen) atoms. The summed E-state index contributed by atoms with van der Waals surface area (Å²) in [4.78, 5) is 25.1. The highest BCUT2D eigenvalue weighted by Gasteiger charge is 2.26. The maximum Gasteiger partial charge on any atom is 0.312 e. The first-order valence-electron chi connectivity index (χ1n) is 9.45. The van der Waals surface area contributed by atoms with Crippen molar-refractivity contribution < 1.29 is 9.72 Å². The molecule has 0 N–H and O–H groups in total. The number of piperidine rings is 1. The number of likely N-dealkylation sites (tertiary alicyclic amines) is 1. The number of rotatable bonds is 6. The van der Waals surface area contributed by atoms with Crippen LogP contribution in [-0.4, -0.2) is 38.6 Å². The summed E-state index contributed by atoms with van der Waals surface area (Å²) in [5, 5.41) is 15.3. The van der Waals surface area contributed by atoms with Crippen molar-refractivity contribution >= 4 is 11.6 Å². The first-order valence-corrected chi connectivity index (χ1v) is 9.45. The molecule has 1 aliphatic rings. The number of aryl methyl sites for hydroxylation is 2. The second-order valence-corrected chi connectivity index (χ2v) is 7.28. The molecule has 2 heterocycles. The fourth-order valence-electron chi connectivity index (χ4n) is 3.82. The van der Waals surface area contributed by atoms with Crippen LogP contribution in [0.4, 0.5) is 5.69 Å². The number of hydrogen-bond acceptors (Lipinski definition) is 4. The monoisotopic (exact) mass is 370 g/mol. The van der Waals surface area contributed by atoms with Crippen LogP contribution in [0.5, 0.6) is 0 Å². The summed E-state index contributed by atoms with van der Waals surface area (Å²) in [6.07, 6.45) is 4.25. The summed E-state index contributed by atoms with van der Waals surface area (Å²) in [6, 6.07) is 10.5. The maximum atomic E-state index is 12.6. The van der Waals surface area contributed by atoms with Crippen molar-refractivity contribution in [1.29, 1.82) is 0 Å². The van der Waals surface area contributed by atoms with Gasteiger partial charge in [0.15, 0.2) is 0 Å². The smallest absolute Gasteiger partial charge is 0.312 e. The molecule has 1 fully saturated rings. The Morgan fingerprint density at radius 1 is 1.22 bits per heavy atom. The molecule has 144 valence electrons. The van der Waals surface area contributed by atoms with Crippen molar-refractivity contribution in [1.82, 2.24) is 14.7 Å². The number of carbonyl (C=O) groups is 1. The highest BCUT2D eigenvalue weighted by Crippen LogP contribution is 2.24. The van der Waals surface area contributed by atoms with Crippen molar-refractivity contribution in [3.8, 4) is 0 Å². The number of nitrogens with zero attached hydrogens (tertiary/aromatic N) is 4. The topological polar surface area (TPSA) is 81.3 Å². The zero-order valence-corrected chi connectivity index (χ0v) is 15.9. The van der Waals surface area contributed by atoms with Crippen LogP contribution < -0.4 is 0 Å². The average Bonchev–Trinajstić information content (AvgIpc) is 2.94. The van der Waals surface area contributed by atoms with Gasteiger partial charge in [-0.25, -0.2) is 0 Å². The fourth-order valence-corrected chi connectivity index (χ4v) is 3.82. The zero-order chi connectivity index (χ0) is 19.4. The summed E-state index contributed by atoms with van der Waals surface area (Å²) in [7, 11) is 0. The molecule has 1 saturated heterocycles. The Morgan fingerprint density at radius 2 is 1.89 bits per heavy atom. The molecule has 1 amide bonds. The van der Waals surface area contributed by atoms with Gasteiger partial charge < -0.3 is 4.90 Å². The molecule has 1 aliphatic heterocycles. The molecular formula is C20H26N4O3. The Morgan fingerprint density at radius 3 is 2.48 bits per heavy atom. The van der Waals surface area contributed by atoms with E-state index >= 15 is 0 Å². The van der Waals surface area contributed by atoms with Crippen LogP contribution in [0.2, 0.25) is 0 Å². The van der Waals surface area contributed by atoms with E-state index in [2.05, 4.69) is 29.4 Å². The van der Waals surface area contributed by atoms with Gasteiger partial charge in [-0.2, -0.15) is 5.10 Å². The highest BCUT2D eigenvalue weighted by atomic mass is 16.6. The van der Waals surface area contributed by atoms with Crippen LogP contribution >= 0.6 is 0 Å². The molecule has 0 spiro atoms. The van der Waals surface area contributed by atoms with Gasteiger partial charge in [0.05, 0.1) is 4.92 Å². The van der Waals surface area contributed by atoms with Gasteiger partial charge in [-0.1, -0.05) is 30.3 Å². The van der Waals surface area contributed by atoms with Crippen molar-refractivity contribution in [2.24, 2.45) is 5.92 Å². The third kappa shape index (κ3) is 4.53. The normalized spacial score (nSPS) is 15.1. The molecule has 2 aromatic rings. The lowest BCUT2D eigenvalue weighted by molar-refractivity contribution is -0.386. The second-order valence-electron chi connectivity index (χ2n) is 7.28. The van der Waals surface area contributed by atoms with Gasteiger partial charge in [0, 0.05) is 13.1 Å². The van der Waals surface area contributed by atoms with Gasteiger partial charge in [0.2, 0.25) is 5.91 Å². The molecule has 1 aromatic heterocycles. The summed E-state index contributed by atoms with van der Waals surface area (Å²) < 4.78 is 1.46. The molecule has 1 aromatic carbocycles. The molecule has 3 rings (SSSR count). The van der Waals surface area contributed by atoms with Gasteiger partial charge in [0.1, 0.15) is 17.9 Å². The van der Waals surface area contributed by atoms with E-state index in [1.165, 1.54) is 10.2 Å². The van der Waals surface area contributed by atoms with E-state index in [0.717, 1.165) is 38.8 Å². The van der Waals surface area contributed by atoms with E-state index in [1.807, 2.05) is 11.0 Å². The van der Waals surface area contributed by atoms with E-state index in [9.17, 15) is 14.9 Å². The number of carbonyl (C=O) groups excluding carboxylic acids is 1. The van der Waals surface area contributed by atoms with Crippen LogP contribution in [0.15, 0.2) is 30.3 Å². The predicted molar refractivity (Wildman–Crippen MR) is 102 cm³/mol. The van der Waals surface area contributed by atoms with Crippen LogP contribution in [0.25, 0.3) is 0 Å². The molecule has 0 bridgehead atoms. The van der Waals surface area contributed by atoms with Gasteiger partial charge in [-0.05, 0) is 51.0 Å². The number of hydrogen-bond donors (Lipinski definition) is 0. The maximum absolute atomic E-state index is 12.6. The lowest BCUT2D eigenvalue weighted by atomic mass is 9.90. The molecule has 0 unspecified atom stereocenters. The number of nitro groups is 1. The summed E-state index contributed by atoms with van der Waals surface area (Å²) in [5.74, 6) is 0.626. The summed E-state index contributed by atoms with van der Waals surface area (Å²) >= 11 is 0. The number of aromatic nitrogens is 2. The minimum atomic E-state index is -0.434. The third-order valence-electron chi connectivity index (χ3n) is 5.46. The molecule has 0 atom stereocenters.